The number of aromatic nitrogens is 1. The molecule has 2 heterocycles. The molecule has 1 aromatic heterocycles. The van der Waals surface area contributed by atoms with Crippen LogP contribution in [-0.2, 0) is 11.3 Å². The molecule has 5 rings (SSSR count). The molecule has 194 valence electrons. The van der Waals surface area contributed by atoms with Crippen LogP contribution in [0.25, 0.3) is 10.8 Å². The van der Waals surface area contributed by atoms with Crippen LogP contribution in [0.2, 0.25) is 0 Å². The molecule has 0 radical (unpaired) electrons. The topological polar surface area (TPSA) is 71.4 Å². The van der Waals surface area contributed by atoms with E-state index in [2.05, 4.69) is 5.32 Å². The van der Waals surface area contributed by atoms with Gasteiger partial charge in [-0.3, -0.25) is 14.4 Å². The summed E-state index contributed by atoms with van der Waals surface area (Å²) in [4.78, 5) is 41.2. The molecular weight excluding hydrogens is 476 g/mol. The fourth-order valence-corrected chi connectivity index (χ4v) is 5.64. The van der Waals surface area contributed by atoms with Crippen molar-refractivity contribution in [3.63, 3.8) is 0 Å². The van der Waals surface area contributed by atoms with Gasteiger partial charge in [0.25, 0.3) is 11.5 Å². The molecule has 6 nitrogen and oxygen atoms in total. The zero-order valence-corrected chi connectivity index (χ0v) is 21.1. The molecule has 1 aliphatic heterocycles. The van der Waals surface area contributed by atoms with Gasteiger partial charge < -0.3 is 14.8 Å². The summed E-state index contributed by atoms with van der Waals surface area (Å²) in [5.74, 6) is -1.13. The molecule has 0 spiro atoms. The first-order valence-corrected chi connectivity index (χ1v) is 12.9. The predicted octanol–water partition coefficient (Wildman–Crippen LogP) is 4.87. The molecule has 2 fully saturated rings. The summed E-state index contributed by atoms with van der Waals surface area (Å²) in [6.07, 6.45) is 4.35. The van der Waals surface area contributed by atoms with Crippen LogP contribution in [0.4, 0.5) is 8.78 Å². The quantitative estimate of drug-likeness (QED) is 0.496. The van der Waals surface area contributed by atoms with Crippen LogP contribution < -0.4 is 10.9 Å². The minimum atomic E-state index is -0.695. The number of hydrogen-bond acceptors (Lipinski definition) is 3. The van der Waals surface area contributed by atoms with Gasteiger partial charge in [0.2, 0.25) is 5.91 Å². The van der Waals surface area contributed by atoms with Gasteiger partial charge in [0.1, 0.15) is 11.6 Å². The van der Waals surface area contributed by atoms with Crippen molar-refractivity contribution in [2.24, 2.45) is 5.92 Å². The second-order valence-electron chi connectivity index (χ2n) is 10.3. The third kappa shape index (κ3) is 5.02. The van der Waals surface area contributed by atoms with Crippen LogP contribution in [-0.4, -0.2) is 33.9 Å². The maximum atomic E-state index is 15.0. The SMILES string of the molecule is CC(=O)N1CCCC1Cn1c(C)c(C(=O)NC(CC2CC2)c2cccc(F)c2)c2cccc(F)c2c1=O. The van der Waals surface area contributed by atoms with Crippen LogP contribution in [0.5, 0.6) is 0 Å². The van der Waals surface area contributed by atoms with Gasteiger partial charge in [0, 0.05) is 37.1 Å². The van der Waals surface area contributed by atoms with Crippen molar-refractivity contribution in [3.8, 4) is 0 Å². The Morgan fingerprint density at radius 3 is 2.57 bits per heavy atom. The fourth-order valence-electron chi connectivity index (χ4n) is 5.64. The van der Waals surface area contributed by atoms with Crippen LogP contribution in [0, 0.1) is 24.5 Å². The summed E-state index contributed by atoms with van der Waals surface area (Å²) in [5, 5.41) is 3.16. The van der Waals surface area contributed by atoms with Crippen molar-refractivity contribution in [1.29, 1.82) is 0 Å². The van der Waals surface area contributed by atoms with Crippen molar-refractivity contribution in [2.75, 3.05) is 6.54 Å². The van der Waals surface area contributed by atoms with Gasteiger partial charge in [-0.25, -0.2) is 8.78 Å². The molecule has 1 saturated heterocycles. The lowest BCUT2D eigenvalue weighted by Crippen LogP contribution is -2.40. The van der Waals surface area contributed by atoms with E-state index in [0.717, 1.165) is 25.7 Å². The number of halogens is 2. The van der Waals surface area contributed by atoms with E-state index in [1.165, 1.54) is 35.8 Å². The van der Waals surface area contributed by atoms with Crippen molar-refractivity contribution >= 4 is 22.6 Å². The zero-order chi connectivity index (χ0) is 26.3. The summed E-state index contributed by atoms with van der Waals surface area (Å²) in [7, 11) is 0. The number of pyridine rings is 1. The Morgan fingerprint density at radius 1 is 1.11 bits per heavy atom. The Hall–Kier alpha value is -3.55. The van der Waals surface area contributed by atoms with Crippen LogP contribution in [0.1, 0.15) is 66.7 Å². The third-order valence-electron chi connectivity index (χ3n) is 7.73. The highest BCUT2D eigenvalue weighted by Crippen LogP contribution is 2.38. The molecule has 1 saturated carbocycles. The van der Waals surface area contributed by atoms with E-state index in [-0.39, 0.29) is 40.6 Å². The van der Waals surface area contributed by atoms with Gasteiger partial charge in [-0.1, -0.05) is 37.1 Å². The van der Waals surface area contributed by atoms with Crippen molar-refractivity contribution in [2.45, 2.75) is 64.6 Å². The minimum Gasteiger partial charge on any atom is -0.345 e. The number of nitrogens with one attached hydrogen (secondary N) is 1. The maximum absolute atomic E-state index is 15.0. The average molecular weight is 508 g/mol. The Kier molecular flexibility index (Phi) is 6.84. The Balaban J connectivity index is 1.58. The van der Waals surface area contributed by atoms with E-state index < -0.39 is 23.3 Å². The van der Waals surface area contributed by atoms with E-state index in [9.17, 15) is 18.8 Å². The minimum absolute atomic E-state index is 0.0730. The molecule has 2 aliphatic rings. The second kappa shape index (κ2) is 10.1. The van der Waals surface area contributed by atoms with Gasteiger partial charge in [0.05, 0.1) is 17.0 Å². The number of amides is 2. The normalized spacial score (nSPS) is 18.3. The van der Waals surface area contributed by atoms with E-state index in [1.54, 1.807) is 30.0 Å². The lowest BCUT2D eigenvalue weighted by atomic mass is 9.98. The molecular formula is C29H31F2N3O3. The highest BCUT2D eigenvalue weighted by molar-refractivity contribution is 6.08. The van der Waals surface area contributed by atoms with Crippen molar-refractivity contribution in [3.05, 3.63) is 81.3 Å². The molecule has 2 aromatic carbocycles. The van der Waals surface area contributed by atoms with E-state index >= 15 is 4.39 Å². The first-order valence-electron chi connectivity index (χ1n) is 12.9. The number of likely N-dealkylation sites (tertiary alicyclic amines) is 1. The van der Waals surface area contributed by atoms with Gasteiger partial charge in [-0.15, -0.1) is 0 Å². The lowest BCUT2D eigenvalue weighted by Gasteiger charge is -2.26. The highest BCUT2D eigenvalue weighted by Gasteiger charge is 2.31. The Bertz CT molecular complexity index is 1430. The van der Waals surface area contributed by atoms with Gasteiger partial charge in [-0.2, -0.15) is 0 Å². The van der Waals surface area contributed by atoms with Crippen LogP contribution in [0.3, 0.4) is 0 Å². The first kappa shape index (κ1) is 25.1. The molecule has 2 amide bonds. The standard InChI is InChI=1S/C29H31F2N3O3/c1-17-26(28(36)32-25(14-19-11-12-19)20-6-3-7-21(30)15-20)23-9-4-10-24(31)27(23)29(37)34(17)16-22-8-5-13-33(22)18(2)35/h3-4,6-7,9-10,15,19,22,25H,5,8,11-14,16H2,1-2H3,(H,32,36). The van der Waals surface area contributed by atoms with Gasteiger partial charge in [0.15, 0.2) is 0 Å². The van der Waals surface area contributed by atoms with Gasteiger partial charge in [-0.05, 0) is 55.9 Å². The van der Waals surface area contributed by atoms with Crippen LogP contribution >= 0.6 is 0 Å². The summed E-state index contributed by atoms with van der Waals surface area (Å²) in [6.45, 7) is 3.98. The molecule has 8 heteroatoms. The summed E-state index contributed by atoms with van der Waals surface area (Å²) in [6, 6.07) is 9.87. The number of benzene rings is 2. The van der Waals surface area contributed by atoms with E-state index in [4.69, 9.17) is 0 Å². The molecule has 1 N–H and O–H groups in total. The van der Waals surface area contributed by atoms with Crippen molar-refractivity contribution in [1.82, 2.24) is 14.8 Å². The summed E-state index contributed by atoms with van der Waals surface area (Å²) >= 11 is 0. The maximum Gasteiger partial charge on any atom is 0.261 e. The fraction of sp³-hybridized carbons (Fsp3) is 0.414. The van der Waals surface area contributed by atoms with Crippen molar-refractivity contribution < 1.29 is 18.4 Å². The van der Waals surface area contributed by atoms with E-state index in [0.29, 0.717) is 30.1 Å². The lowest BCUT2D eigenvalue weighted by molar-refractivity contribution is -0.129. The number of carbonyl (C=O) groups excluding carboxylic acids is 2. The Morgan fingerprint density at radius 2 is 1.86 bits per heavy atom. The monoisotopic (exact) mass is 507 g/mol. The zero-order valence-electron chi connectivity index (χ0n) is 21.1. The number of hydrogen-bond donors (Lipinski definition) is 1. The average Bonchev–Trinajstić information content (AvgIpc) is 3.54. The number of carbonyl (C=O) groups is 2. The predicted molar refractivity (Wildman–Crippen MR) is 137 cm³/mol. The second-order valence-corrected chi connectivity index (χ2v) is 10.3. The molecule has 2 atom stereocenters. The number of fused-ring (bicyclic) bond motifs is 1. The van der Waals surface area contributed by atoms with Gasteiger partial charge >= 0.3 is 0 Å². The molecule has 0 bridgehead atoms. The van der Waals surface area contributed by atoms with Crippen LogP contribution in [0.15, 0.2) is 47.3 Å². The number of rotatable bonds is 7. The first-order chi connectivity index (χ1) is 17.7. The molecule has 3 aromatic rings. The molecule has 1 aliphatic carbocycles. The molecule has 37 heavy (non-hydrogen) atoms. The summed E-state index contributed by atoms with van der Waals surface area (Å²) in [5.41, 5.74) is 0.793. The summed E-state index contributed by atoms with van der Waals surface area (Å²) < 4.78 is 30.5. The Labute approximate surface area is 214 Å². The third-order valence-corrected chi connectivity index (χ3v) is 7.73. The highest BCUT2D eigenvalue weighted by atomic mass is 19.1. The van der Waals surface area contributed by atoms with E-state index in [1.807, 2.05) is 0 Å². The number of nitrogens with zero attached hydrogens (tertiary/aromatic N) is 2. The smallest absolute Gasteiger partial charge is 0.261 e. The molecule has 2 unspecified atom stereocenters. The largest absolute Gasteiger partial charge is 0.345 e.